The van der Waals surface area contributed by atoms with E-state index >= 15 is 0 Å². The fourth-order valence-electron chi connectivity index (χ4n) is 5.30. The highest BCUT2D eigenvalue weighted by molar-refractivity contribution is 5.95. The molecular weight excluding hydrogens is 482 g/mol. The van der Waals surface area contributed by atoms with E-state index in [0.717, 1.165) is 24.1 Å². The lowest BCUT2D eigenvalue weighted by Gasteiger charge is -2.43. The molecule has 1 unspecified atom stereocenters. The van der Waals surface area contributed by atoms with Crippen LogP contribution >= 0.6 is 0 Å². The molecule has 3 aromatic rings. The highest BCUT2D eigenvalue weighted by atomic mass is 16.4. The van der Waals surface area contributed by atoms with Crippen LogP contribution in [0.15, 0.2) is 47.5 Å². The van der Waals surface area contributed by atoms with E-state index in [1.54, 1.807) is 12.1 Å². The lowest BCUT2D eigenvalue weighted by atomic mass is 9.85. The number of carbonyl (C=O) groups is 2. The fourth-order valence-corrected chi connectivity index (χ4v) is 5.30. The second kappa shape index (κ2) is 9.87. The first-order chi connectivity index (χ1) is 18.0. The van der Waals surface area contributed by atoms with Crippen LogP contribution in [0.4, 0.5) is 5.69 Å². The van der Waals surface area contributed by atoms with Crippen LogP contribution < -0.4 is 15.8 Å². The van der Waals surface area contributed by atoms with Gasteiger partial charge in [-0.3, -0.25) is 23.9 Å². The van der Waals surface area contributed by atoms with Gasteiger partial charge in [0, 0.05) is 43.5 Å². The van der Waals surface area contributed by atoms with Crippen molar-refractivity contribution in [2.45, 2.75) is 52.6 Å². The summed E-state index contributed by atoms with van der Waals surface area (Å²) in [5.74, 6) is -0.929. The van der Waals surface area contributed by atoms with Crippen LogP contribution in [0.2, 0.25) is 0 Å². The van der Waals surface area contributed by atoms with Crippen molar-refractivity contribution in [3.05, 3.63) is 64.2 Å². The zero-order valence-electron chi connectivity index (χ0n) is 22.4. The van der Waals surface area contributed by atoms with Crippen LogP contribution in [-0.2, 0) is 4.79 Å². The summed E-state index contributed by atoms with van der Waals surface area (Å²) in [7, 11) is 0. The lowest BCUT2D eigenvalue weighted by Crippen LogP contribution is -2.56. The third-order valence-corrected chi connectivity index (χ3v) is 7.48. The van der Waals surface area contributed by atoms with Crippen LogP contribution in [0, 0.1) is 12.3 Å². The molecule has 0 radical (unpaired) electrons. The Morgan fingerprint density at radius 3 is 2.39 bits per heavy atom. The number of rotatable bonds is 6. The van der Waals surface area contributed by atoms with E-state index in [1.807, 2.05) is 56.9 Å². The van der Waals surface area contributed by atoms with Crippen LogP contribution in [0.1, 0.15) is 49.5 Å². The molecule has 38 heavy (non-hydrogen) atoms. The monoisotopic (exact) mass is 517 g/mol. The van der Waals surface area contributed by atoms with Gasteiger partial charge < -0.3 is 15.3 Å². The van der Waals surface area contributed by atoms with E-state index in [1.165, 1.54) is 10.9 Å². The Bertz CT molecular complexity index is 1450. The molecule has 2 N–H and O–H groups in total. The van der Waals surface area contributed by atoms with Crippen LogP contribution in [0.3, 0.4) is 0 Å². The van der Waals surface area contributed by atoms with Gasteiger partial charge in [0.2, 0.25) is 0 Å². The maximum atomic E-state index is 13.6. The summed E-state index contributed by atoms with van der Waals surface area (Å²) in [6.45, 7) is 10.3. The molecule has 9 nitrogen and oxygen atoms in total. The molecule has 1 saturated heterocycles. The second-order valence-electron chi connectivity index (χ2n) is 11.5. The number of anilines is 1. The van der Waals surface area contributed by atoms with E-state index in [4.69, 9.17) is 0 Å². The Morgan fingerprint density at radius 2 is 1.76 bits per heavy atom. The smallest absolute Gasteiger partial charge is 0.321 e. The number of carboxylic acid groups (broad SMARTS) is 1. The van der Waals surface area contributed by atoms with Crippen LogP contribution in [-0.4, -0.2) is 69.7 Å². The molecule has 9 heteroatoms. The van der Waals surface area contributed by atoms with Crippen molar-refractivity contribution in [1.29, 1.82) is 0 Å². The average Bonchev–Trinajstić information content (AvgIpc) is 3.68. The molecule has 0 spiro atoms. The topological polar surface area (TPSA) is 108 Å². The molecule has 1 aromatic heterocycles. The van der Waals surface area contributed by atoms with Crippen molar-refractivity contribution in [3.63, 3.8) is 0 Å². The number of carboxylic acids is 1. The van der Waals surface area contributed by atoms with Gasteiger partial charge in [-0.25, -0.2) is 4.98 Å². The number of benzene rings is 2. The zero-order chi connectivity index (χ0) is 27.2. The van der Waals surface area contributed by atoms with Gasteiger partial charge in [-0.2, -0.15) is 0 Å². The Hall–Kier alpha value is -3.72. The average molecular weight is 518 g/mol. The number of nitrogens with zero attached hydrogens (tertiary/aromatic N) is 4. The molecule has 2 aromatic carbocycles. The van der Waals surface area contributed by atoms with Crippen molar-refractivity contribution in [2.24, 2.45) is 5.41 Å². The van der Waals surface area contributed by atoms with Gasteiger partial charge in [-0.15, -0.1) is 0 Å². The zero-order valence-corrected chi connectivity index (χ0v) is 22.4. The van der Waals surface area contributed by atoms with Crippen molar-refractivity contribution in [2.75, 3.05) is 31.1 Å². The first-order valence-corrected chi connectivity index (χ1v) is 13.2. The highest BCUT2D eigenvalue weighted by Gasteiger charge is 2.37. The molecular formula is C29H35N5O4. The number of amides is 1. The highest BCUT2D eigenvalue weighted by Crippen LogP contribution is 2.28. The SMILES string of the molecule is Cc1ccc(C(=O)NC2CC2)cc1-n1cnc2ccc(N3CCN(C(C(=O)O)C(C)(C)C)CC3)cc2c1=O. The predicted octanol–water partition coefficient (Wildman–Crippen LogP) is 3.21. The number of carbonyl (C=O) groups excluding carboxylic acids is 1. The Balaban J connectivity index is 1.41. The third kappa shape index (κ3) is 5.15. The molecule has 1 atom stereocenters. The molecule has 0 bridgehead atoms. The summed E-state index contributed by atoms with van der Waals surface area (Å²) >= 11 is 0. The second-order valence-corrected chi connectivity index (χ2v) is 11.5. The van der Waals surface area contributed by atoms with Crippen molar-refractivity contribution >= 4 is 28.5 Å². The minimum Gasteiger partial charge on any atom is -0.480 e. The summed E-state index contributed by atoms with van der Waals surface area (Å²) in [5, 5.41) is 13.3. The molecule has 1 saturated carbocycles. The van der Waals surface area contributed by atoms with E-state index in [9.17, 15) is 19.5 Å². The van der Waals surface area contributed by atoms with Gasteiger partial charge in [0.05, 0.1) is 16.6 Å². The van der Waals surface area contributed by atoms with E-state index in [0.29, 0.717) is 48.3 Å². The van der Waals surface area contributed by atoms with E-state index in [-0.39, 0.29) is 22.9 Å². The maximum absolute atomic E-state index is 13.6. The number of aromatic nitrogens is 2. The number of hydrogen-bond donors (Lipinski definition) is 2. The number of aryl methyl sites for hydroxylation is 1. The summed E-state index contributed by atoms with van der Waals surface area (Å²) in [6, 6.07) is 10.8. The van der Waals surface area contributed by atoms with Crippen molar-refractivity contribution in [3.8, 4) is 5.69 Å². The summed E-state index contributed by atoms with van der Waals surface area (Å²) in [5.41, 5.74) is 2.97. The fraction of sp³-hybridized carbons (Fsp3) is 0.448. The van der Waals surface area contributed by atoms with E-state index < -0.39 is 12.0 Å². The molecule has 1 aliphatic carbocycles. The van der Waals surface area contributed by atoms with Gasteiger partial charge in [-0.05, 0) is 61.1 Å². The minimum atomic E-state index is -0.798. The first-order valence-electron chi connectivity index (χ1n) is 13.2. The normalized spacial score (nSPS) is 17.4. The van der Waals surface area contributed by atoms with Gasteiger partial charge in [-0.1, -0.05) is 26.8 Å². The summed E-state index contributed by atoms with van der Waals surface area (Å²) < 4.78 is 1.51. The largest absolute Gasteiger partial charge is 0.480 e. The third-order valence-electron chi connectivity index (χ3n) is 7.48. The molecule has 2 heterocycles. The van der Waals surface area contributed by atoms with Crippen molar-refractivity contribution < 1.29 is 14.7 Å². The number of hydrogen-bond acceptors (Lipinski definition) is 6. The molecule has 200 valence electrons. The summed E-state index contributed by atoms with van der Waals surface area (Å²) in [6.07, 6.45) is 3.53. The minimum absolute atomic E-state index is 0.131. The molecule has 2 aliphatic rings. The molecule has 2 fully saturated rings. The van der Waals surface area contributed by atoms with Crippen molar-refractivity contribution in [1.82, 2.24) is 19.8 Å². The van der Waals surface area contributed by atoms with Gasteiger partial charge in [0.25, 0.3) is 11.5 Å². The quantitative estimate of drug-likeness (QED) is 0.517. The van der Waals surface area contributed by atoms with Gasteiger partial charge in [0.15, 0.2) is 0 Å². The van der Waals surface area contributed by atoms with Crippen LogP contribution in [0.5, 0.6) is 0 Å². The Labute approximate surface area is 222 Å². The predicted molar refractivity (Wildman–Crippen MR) is 147 cm³/mol. The standard InChI is InChI=1S/C29H35N5O4/c1-18-5-6-19(26(35)31-20-7-8-20)15-24(18)34-17-30-23-10-9-21(16-22(23)27(34)36)32-11-13-33(14-12-32)25(28(37)38)29(2,3)4/h5-6,9-10,15-17,20,25H,7-8,11-14H2,1-4H3,(H,31,35)(H,37,38). The Kier molecular flexibility index (Phi) is 6.73. The number of fused-ring (bicyclic) bond motifs is 1. The van der Waals surface area contributed by atoms with E-state index in [2.05, 4.69) is 15.2 Å². The Morgan fingerprint density at radius 1 is 1.05 bits per heavy atom. The molecule has 5 rings (SSSR count). The summed E-state index contributed by atoms with van der Waals surface area (Å²) in [4.78, 5) is 46.9. The van der Waals surface area contributed by atoms with Crippen LogP contribution in [0.25, 0.3) is 16.6 Å². The first kappa shape index (κ1) is 25.9. The number of piperazine rings is 1. The maximum Gasteiger partial charge on any atom is 0.321 e. The molecule has 1 amide bonds. The molecule has 1 aliphatic heterocycles. The van der Waals surface area contributed by atoms with Gasteiger partial charge >= 0.3 is 5.97 Å². The number of nitrogens with one attached hydrogen (secondary N) is 1. The van der Waals surface area contributed by atoms with Gasteiger partial charge in [0.1, 0.15) is 12.4 Å². The lowest BCUT2D eigenvalue weighted by molar-refractivity contribution is -0.147. The number of aliphatic carboxylic acids is 1.